The molecular formula is C11H21NO2. The summed E-state index contributed by atoms with van der Waals surface area (Å²) in [5.74, 6) is 0. The molecule has 0 spiro atoms. The van der Waals surface area contributed by atoms with E-state index in [1.165, 1.54) is 25.7 Å². The van der Waals surface area contributed by atoms with Gasteiger partial charge in [0.15, 0.2) is 0 Å². The second kappa shape index (κ2) is 3.80. The fourth-order valence-electron chi connectivity index (χ4n) is 2.77. The Labute approximate surface area is 85.9 Å². The Balaban J connectivity index is 2.12. The molecule has 0 amide bonds. The molecule has 0 bridgehead atoms. The molecule has 3 nitrogen and oxygen atoms in total. The molecule has 1 atom stereocenters. The van der Waals surface area contributed by atoms with Crippen molar-refractivity contribution in [2.24, 2.45) is 11.1 Å². The SMILES string of the molecule is COCC1(C2(CN)CC2)CCCCO1. The van der Waals surface area contributed by atoms with Gasteiger partial charge >= 0.3 is 0 Å². The van der Waals surface area contributed by atoms with E-state index in [-0.39, 0.29) is 11.0 Å². The Kier molecular flexibility index (Phi) is 2.82. The molecule has 1 unspecified atom stereocenters. The minimum absolute atomic E-state index is 0.0608. The molecule has 0 radical (unpaired) electrons. The smallest absolute Gasteiger partial charge is 0.0982 e. The number of ether oxygens (including phenoxy) is 2. The first kappa shape index (κ1) is 10.4. The molecule has 0 aromatic carbocycles. The summed E-state index contributed by atoms with van der Waals surface area (Å²) in [6.07, 6.45) is 6.00. The molecule has 1 aliphatic heterocycles. The van der Waals surface area contributed by atoms with E-state index in [4.69, 9.17) is 15.2 Å². The lowest BCUT2D eigenvalue weighted by Crippen LogP contribution is -2.51. The van der Waals surface area contributed by atoms with E-state index < -0.39 is 0 Å². The summed E-state index contributed by atoms with van der Waals surface area (Å²) in [7, 11) is 1.76. The Morgan fingerprint density at radius 2 is 2.07 bits per heavy atom. The van der Waals surface area contributed by atoms with Crippen LogP contribution < -0.4 is 5.73 Å². The van der Waals surface area contributed by atoms with Gasteiger partial charge in [0, 0.05) is 25.7 Å². The zero-order valence-electron chi connectivity index (χ0n) is 9.05. The molecule has 0 aromatic rings. The molecule has 1 aliphatic carbocycles. The molecule has 2 rings (SSSR count). The molecule has 1 saturated heterocycles. The number of nitrogens with two attached hydrogens (primary N) is 1. The summed E-state index contributed by atoms with van der Waals surface area (Å²) >= 11 is 0. The van der Waals surface area contributed by atoms with Crippen LogP contribution in [0.4, 0.5) is 0 Å². The van der Waals surface area contributed by atoms with Gasteiger partial charge in [-0.2, -0.15) is 0 Å². The fraction of sp³-hybridized carbons (Fsp3) is 1.00. The van der Waals surface area contributed by atoms with E-state index in [9.17, 15) is 0 Å². The van der Waals surface area contributed by atoms with Crippen LogP contribution in [0.25, 0.3) is 0 Å². The van der Waals surface area contributed by atoms with Crippen molar-refractivity contribution in [3.8, 4) is 0 Å². The second-order valence-corrected chi connectivity index (χ2v) is 4.72. The van der Waals surface area contributed by atoms with Gasteiger partial charge in [0.05, 0.1) is 12.2 Å². The Morgan fingerprint density at radius 1 is 1.29 bits per heavy atom. The second-order valence-electron chi connectivity index (χ2n) is 4.72. The van der Waals surface area contributed by atoms with Crippen LogP contribution in [0.5, 0.6) is 0 Å². The molecule has 14 heavy (non-hydrogen) atoms. The number of hydrogen-bond acceptors (Lipinski definition) is 3. The molecule has 0 aromatic heterocycles. The highest BCUT2D eigenvalue weighted by Gasteiger charge is 2.59. The zero-order valence-corrected chi connectivity index (χ0v) is 9.05. The topological polar surface area (TPSA) is 44.5 Å². The van der Waals surface area contributed by atoms with E-state index in [0.29, 0.717) is 6.61 Å². The van der Waals surface area contributed by atoms with Gasteiger partial charge in [-0.15, -0.1) is 0 Å². The van der Waals surface area contributed by atoms with Crippen LogP contribution in [0.1, 0.15) is 32.1 Å². The quantitative estimate of drug-likeness (QED) is 0.742. The average Bonchev–Trinajstić information content (AvgIpc) is 3.00. The molecule has 82 valence electrons. The first-order chi connectivity index (χ1) is 6.79. The fourth-order valence-corrected chi connectivity index (χ4v) is 2.77. The van der Waals surface area contributed by atoms with E-state index >= 15 is 0 Å². The lowest BCUT2D eigenvalue weighted by atomic mass is 9.79. The van der Waals surface area contributed by atoms with Gasteiger partial charge < -0.3 is 15.2 Å². The van der Waals surface area contributed by atoms with Gasteiger partial charge in [-0.3, -0.25) is 0 Å². The van der Waals surface area contributed by atoms with Crippen molar-refractivity contribution in [3.05, 3.63) is 0 Å². The molecule has 2 fully saturated rings. The third-order valence-corrected chi connectivity index (χ3v) is 3.94. The van der Waals surface area contributed by atoms with Crippen molar-refractivity contribution < 1.29 is 9.47 Å². The summed E-state index contributed by atoms with van der Waals surface area (Å²) in [5.41, 5.74) is 6.06. The van der Waals surface area contributed by atoms with Crippen molar-refractivity contribution in [1.82, 2.24) is 0 Å². The Morgan fingerprint density at radius 3 is 2.50 bits per heavy atom. The Bertz CT molecular complexity index is 190. The van der Waals surface area contributed by atoms with Crippen molar-refractivity contribution >= 4 is 0 Å². The van der Waals surface area contributed by atoms with Crippen LogP contribution in [-0.4, -0.2) is 32.5 Å². The first-order valence-electron chi connectivity index (χ1n) is 5.62. The number of methoxy groups -OCH3 is 1. The predicted molar refractivity (Wildman–Crippen MR) is 55.1 cm³/mol. The van der Waals surface area contributed by atoms with E-state index in [1.54, 1.807) is 7.11 Å². The van der Waals surface area contributed by atoms with Crippen molar-refractivity contribution in [3.63, 3.8) is 0 Å². The maximum absolute atomic E-state index is 6.02. The highest BCUT2D eigenvalue weighted by molar-refractivity contribution is 5.10. The minimum atomic E-state index is -0.0608. The highest BCUT2D eigenvalue weighted by Crippen LogP contribution is 2.57. The monoisotopic (exact) mass is 199 g/mol. The van der Waals surface area contributed by atoms with Gasteiger partial charge in [-0.25, -0.2) is 0 Å². The van der Waals surface area contributed by atoms with Gasteiger partial charge in [0.1, 0.15) is 0 Å². The third-order valence-electron chi connectivity index (χ3n) is 3.94. The molecule has 1 heterocycles. The maximum Gasteiger partial charge on any atom is 0.0982 e. The number of hydrogen-bond donors (Lipinski definition) is 1. The predicted octanol–water partition coefficient (Wildman–Crippen LogP) is 1.31. The Hall–Kier alpha value is -0.120. The van der Waals surface area contributed by atoms with E-state index in [0.717, 1.165) is 19.6 Å². The van der Waals surface area contributed by atoms with Crippen LogP contribution in [0.15, 0.2) is 0 Å². The zero-order chi connectivity index (χ0) is 10.1. The lowest BCUT2D eigenvalue weighted by molar-refractivity contribution is -0.156. The van der Waals surface area contributed by atoms with Crippen LogP contribution in [-0.2, 0) is 9.47 Å². The van der Waals surface area contributed by atoms with Crippen LogP contribution >= 0.6 is 0 Å². The summed E-state index contributed by atoms with van der Waals surface area (Å²) < 4.78 is 11.4. The molecule has 3 heteroatoms. The van der Waals surface area contributed by atoms with E-state index in [2.05, 4.69) is 0 Å². The lowest BCUT2D eigenvalue weighted by Gasteiger charge is -2.43. The van der Waals surface area contributed by atoms with E-state index in [1.807, 2.05) is 0 Å². The summed E-state index contributed by atoms with van der Waals surface area (Å²) in [5, 5.41) is 0. The van der Waals surface area contributed by atoms with Gasteiger partial charge in [-0.1, -0.05) is 0 Å². The molecule has 2 N–H and O–H groups in total. The maximum atomic E-state index is 6.02. The van der Waals surface area contributed by atoms with Crippen molar-refractivity contribution in [1.29, 1.82) is 0 Å². The molecule has 1 saturated carbocycles. The average molecular weight is 199 g/mol. The largest absolute Gasteiger partial charge is 0.382 e. The third kappa shape index (κ3) is 1.47. The normalized spacial score (nSPS) is 35.6. The van der Waals surface area contributed by atoms with Gasteiger partial charge in [0.2, 0.25) is 0 Å². The summed E-state index contributed by atoms with van der Waals surface area (Å²) in [4.78, 5) is 0. The molecular weight excluding hydrogens is 178 g/mol. The summed E-state index contributed by atoms with van der Waals surface area (Å²) in [6.45, 7) is 2.34. The van der Waals surface area contributed by atoms with Crippen LogP contribution in [0, 0.1) is 5.41 Å². The first-order valence-corrected chi connectivity index (χ1v) is 5.62. The van der Waals surface area contributed by atoms with Crippen LogP contribution in [0.3, 0.4) is 0 Å². The minimum Gasteiger partial charge on any atom is -0.382 e. The molecule has 2 aliphatic rings. The standard InChI is InChI=1S/C11H21NO2/c1-13-9-11(4-2-3-7-14-11)10(8-12)5-6-10/h2-9,12H2,1H3. The van der Waals surface area contributed by atoms with Crippen molar-refractivity contribution in [2.75, 3.05) is 26.9 Å². The highest BCUT2D eigenvalue weighted by atomic mass is 16.5. The van der Waals surface area contributed by atoms with Crippen LogP contribution in [0.2, 0.25) is 0 Å². The van der Waals surface area contributed by atoms with Gasteiger partial charge in [-0.05, 0) is 32.1 Å². The summed E-state index contributed by atoms with van der Waals surface area (Å²) in [6, 6.07) is 0. The van der Waals surface area contributed by atoms with Gasteiger partial charge in [0.25, 0.3) is 0 Å². The number of rotatable bonds is 4. The van der Waals surface area contributed by atoms with Crippen molar-refractivity contribution in [2.45, 2.75) is 37.7 Å².